The summed E-state index contributed by atoms with van der Waals surface area (Å²) < 4.78 is 11.8. The largest absolute Gasteiger partial charge is 0.489 e. The van der Waals surface area contributed by atoms with Crippen molar-refractivity contribution in [1.82, 2.24) is 0 Å². The molecule has 4 rings (SSSR count). The Balaban J connectivity index is 1.59. The molecule has 3 aromatic rings. The van der Waals surface area contributed by atoms with Crippen molar-refractivity contribution < 1.29 is 9.47 Å². The summed E-state index contributed by atoms with van der Waals surface area (Å²) in [5, 5.41) is 0. The zero-order valence-corrected chi connectivity index (χ0v) is 13.1. The molecule has 114 valence electrons. The predicted octanol–water partition coefficient (Wildman–Crippen LogP) is 5.13. The van der Waals surface area contributed by atoms with Gasteiger partial charge in [-0.15, -0.1) is 0 Å². The van der Waals surface area contributed by atoms with Gasteiger partial charge in [-0.05, 0) is 41.8 Å². The molecule has 0 aromatic heterocycles. The number of hydrogen-bond acceptors (Lipinski definition) is 2. The van der Waals surface area contributed by atoms with Crippen LogP contribution < -0.4 is 9.47 Å². The van der Waals surface area contributed by atoms with E-state index < -0.39 is 0 Å². The number of hydrogen-bond donors (Lipinski definition) is 0. The van der Waals surface area contributed by atoms with Gasteiger partial charge in [0.05, 0.1) is 0 Å². The molecule has 0 saturated heterocycles. The molecule has 1 heterocycles. The van der Waals surface area contributed by atoms with Crippen molar-refractivity contribution in [2.45, 2.75) is 20.1 Å². The van der Waals surface area contributed by atoms with Gasteiger partial charge in [-0.1, -0.05) is 48.5 Å². The van der Waals surface area contributed by atoms with Gasteiger partial charge in [0, 0.05) is 11.1 Å². The summed E-state index contributed by atoms with van der Waals surface area (Å²) >= 11 is 0. The van der Waals surface area contributed by atoms with Gasteiger partial charge in [-0.3, -0.25) is 0 Å². The molecule has 0 amide bonds. The summed E-state index contributed by atoms with van der Waals surface area (Å²) in [6.07, 6.45) is 0. The van der Waals surface area contributed by atoms with E-state index in [0.29, 0.717) is 13.2 Å². The lowest BCUT2D eigenvalue weighted by Gasteiger charge is -2.22. The lowest BCUT2D eigenvalue weighted by Crippen LogP contribution is -2.06. The van der Waals surface area contributed by atoms with Crippen LogP contribution in [-0.2, 0) is 13.2 Å². The molecule has 0 unspecified atom stereocenters. The van der Waals surface area contributed by atoms with Crippen molar-refractivity contribution in [3.05, 3.63) is 83.4 Å². The SMILES string of the molecule is Cc1ccc2c(c1)OCc1cc(OCc3ccccc3)ccc1-2. The Labute approximate surface area is 136 Å². The number of benzene rings is 3. The summed E-state index contributed by atoms with van der Waals surface area (Å²) in [6.45, 7) is 3.25. The molecule has 0 N–H and O–H groups in total. The smallest absolute Gasteiger partial charge is 0.127 e. The zero-order chi connectivity index (χ0) is 15.6. The number of rotatable bonds is 3. The normalized spacial score (nSPS) is 12.0. The van der Waals surface area contributed by atoms with Gasteiger partial charge in [-0.25, -0.2) is 0 Å². The Morgan fingerprint density at radius 1 is 0.913 bits per heavy atom. The fourth-order valence-corrected chi connectivity index (χ4v) is 2.91. The summed E-state index contributed by atoms with van der Waals surface area (Å²) in [4.78, 5) is 0. The van der Waals surface area contributed by atoms with Crippen LogP contribution in [0.15, 0.2) is 66.7 Å². The van der Waals surface area contributed by atoms with Gasteiger partial charge < -0.3 is 9.47 Å². The third-order valence-corrected chi connectivity index (χ3v) is 4.14. The van der Waals surface area contributed by atoms with Gasteiger partial charge in [0.1, 0.15) is 24.7 Å². The average Bonchev–Trinajstić information content (AvgIpc) is 2.60. The fraction of sp³-hybridized carbons (Fsp3) is 0.143. The third-order valence-electron chi connectivity index (χ3n) is 4.14. The quantitative estimate of drug-likeness (QED) is 0.667. The van der Waals surface area contributed by atoms with E-state index in [1.807, 2.05) is 24.3 Å². The maximum atomic E-state index is 5.91. The summed E-state index contributed by atoms with van der Waals surface area (Å²) in [5.74, 6) is 1.85. The highest BCUT2D eigenvalue weighted by Crippen LogP contribution is 2.39. The van der Waals surface area contributed by atoms with Crippen LogP contribution in [0.1, 0.15) is 16.7 Å². The second kappa shape index (κ2) is 5.81. The van der Waals surface area contributed by atoms with E-state index >= 15 is 0 Å². The molecule has 0 saturated carbocycles. The molecule has 0 spiro atoms. The minimum atomic E-state index is 0.580. The molecule has 1 aliphatic rings. The van der Waals surface area contributed by atoms with Crippen LogP contribution in [0.4, 0.5) is 0 Å². The molecule has 0 fully saturated rings. The summed E-state index contributed by atoms with van der Waals surface area (Å²) in [6, 6.07) is 22.8. The number of fused-ring (bicyclic) bond motifs is 3. The Hall–Kier alpha value is -2.74. The topological polar surface area (TPSA) is 18.5 Å². The molecule has 0 atom stereocenters. The molecule has 23 heavy (non-hydrogen) atoms. The Kier molecular flexibility index (Phi) is 3.51. The number of ether oxygens (including phenoxy) is 2. The van der Waals surface area contributed by atoms with E-state index in [0.717, 1.165) is 17.1 Å². The highest BCUT2D eigenvalue weighted by Gasteiger charge is 2.17. The van der Waals surface area contributed by atoms with Crippen molar-refractivity contribution >= 4 is 0 Å². The van der Waals surface area contributed by atoms with Crippen molar-refractivity contribution in [3.63, 3.8) is 0 Å². The van der Waals surface area contributed by atoms with Crippen molar-refractivity contribution in [3.8, 4) is 22.6 Å². The van der Waals surface area contributed by atoms with Crippen LogP contribution in [0.5, 0.6) is 11.5 Å². The fourth-order valence-electron chi connectivity index (χ4n) is 2.91. The Bertz CT molecular complexity index is 838. The zero-order valence-electron chi connectivity index (χ0n) is 13.1. The van der Waals surface area contributed by atoms with Crippen LogP contribution in [0.25, 0.3) is 11.1 Å². The lowest BCUT2D eigenvalue weighted by atomic mass is 9.96. The van der Waals surface area contributed by atoms with Crippen molar-refractivity contribution in [1.29, 1.82) is 0 Å². The second-order valence-electron chi connectivity index (χ2n) is 5.88. The summed E-state index contributed by atoms with van der Waals surface area (Å²) in [7, 11) is 0. The van der Waals surface area contributed by atoms with Crippen molar-refractivity contribution in [2.24, 2.45) is 0 Å². The maximum absolute atomic E-state index is 5.91. The highest BCUT2D eigenvalue weighted by atomic mass is 16.5. The van der Waals surface area contributed by atoms with Gasteiger partial charge in [0.15, 0.2) is 0 Å². The van der Waals surface area contributed by atoms with E-state index in [1.54, 1.807) is 0 Å². The maximum Gasteiger partial charge on any atom is 0.127 e. The first-order valence-electron chi connectivity index (χ1n) is 7.83. The van der Waals surface area contributed by atoms with Crippen LogP contribution >= 0.6 is 0 Å². The Morgan fingerprint density at radius 3 is 2.61 bits per heavy atom. The molecule has 0 aliphatic carbocycles. The first-order chi connectivity index (χ1) is 11.3. The van der Waals surface area contributed by atoms with E-state index in [-0.39, 0.29) is 0 Å². The Morgan fingerprint density at radius 2 is 1.74 bits per heavy atom. The molecule has 2 nitrogen and oxygen atoms in total. The minimum absolute atomic E-state index is 0.580. The van der Waals surface area contributed by atoms with Gasteiger partial charge in [0.25, 0.3) is 0 Å². The molecule has 3 aromatic carbocycles. The van der Waals surface area contributed by atoms with Crippen LogP contribution in [0.2, 0.25) is 0 Å². The first-order valence-corrected chi connectivity index (χ1v) is 7.83. The molecular weight excluding hydrogens is 284 g/mol. The highest BCUT2D eigenvalue weighted by molar-refractivity contribution is 5.76. The van der Waals surface area contributed by atoms with Crippen LogP contribution in [0.3, 0.4) is 0 Å². The lowest BCUT2D eigenvalue weighted by molar-refractivity contribution is 0.293. The minimum Gasteiger partial charge on any atom is -0.489 e. The van der Waals surface area contributed by atoms with E-state index in [2.05, 4.69) is 49.4 Å². The molecular formula is C21H18O2. The standard InChI is InChI=1S/C21H18O2/c1-15-7-9-20-19-10-8-18(12-17(19)14-23-21(20)11-15)22-13-16-5-3-2-4-6-16/h2-12H,13-14H2,1H3. The second-order valence-corrected chi connectivity index (χ2v) is 5.88. The van der Waals surface area contributed by atoms with Crippen LogP contribution in [-0.4, -0.2) is 0 Å². The number of aryl methyl sites for hydroxylation is 1. The van der Waals surface area contributed by atoms with E-state index in [4.69, 9.17) is 9.47 Å². The van der Waals surface area contributed by atoms with Gasteiger partial charge in [-0.2, -0.15) is 0 Å². The van der Waals surface area contributed by atoms with Gasteiger partial charge in [0.2, 0.25) is 0 Å². The van der Waals surface area contributed by atoms with E-state index in [9.17, 15) is 0 Å². The first kappa shape index (κ1) is 13.9. The molecule has 0 bridgehead atoms. The predicted molar refractivity (Wildman–Crippen MR) is 91.7 cm³/mol. The monoisotopic (exact) mass is 302 g/mol. The molecule has 0 radical (unpaired) electrons. The summed E-state index contributed by atoms with van der Waals surface area (Å²) in [5.41, 5.74) is 5.95. The van der Waals surface area contributed by atoms with E-state index in [1.165, 1.54) is 22.3 Å². The van der Waals surface area contributed by atoms with Gasteiger partial charge >= 0.3 is 0 Å². The average molecular weight is 302 g/mol. The molecule has 1 aliphatic heterocycles. The third kappa shape index (κ3) is 2.80. The van der Waals surface area contributed by atoms with Crippen molar-refractivity contribution in [2.75, 3.05) is 0 Å². The molecule has 2 heteroatoms. The van der Waals surface area contributed by atoms with Crippen LogP contribution in [0, 0.1) is 6.92 Å².